The number of benzene rings is 2. The quantitative estimate of drug-likeness (QED) is 0.265. The second-order valence-corrected chi connectivity index (χ2v) is 9.18. The molecular weight excluding hydrogens is 466 g/mol. The summed E-state index contributed by atoms with van der Waals surface area (Å²) in [5, 5.41) is 12.5. The minimum Gasteiger partial charge on any atom is -0.411 e. The molecule has 2 aromatic heterocycles. The largest absolute Gasteiger partial charge is 0.411 e. The number of nitrogens with zero attached hydrogens (tertiary/aromatic N) is 4. The van der Waals surface area contributed by atoms with Gasteiger partial charge in [-0.2, -0.15) is 0 Å². The lowest BCUT2D eigenvalue weighted by Crippen LogP contribution is -2.13. The van der Waals surface area contributed by atoms with Crippen LogP contribution in [0.2, 0.25) is 5.02 Å². The average Bonchev–Trinajstić information content (AvgIpc) is 3.23. The third kappa shape index (κ3) is 6.09. The number of aryl methyl sites for hydroxylation is 2. The van der Waals surface area contributed by atoms with Gasteiger partial charge in [-0.1, -0.05) is 23.4 Å². The van der Waals surface area contributed by atoms with Crippen LogP contribution in [0.1, 0.15) is 11.4 Å². The highest BCUT2D eigenvalue weighted by molar-refractivity contribution is 7.99. The Labute approximate surface area is 198 Å². The Hall–Kier alpha value is -2.88. The van der Waals surface area contributed by atoms with E-state index in [1.807, 2.05) is 44.2 Å². The van der Waals surface area contributed by atoms with Crippen LogP contribution in [-0.2, 0) is 4.79 Å². The van der Waals surface area contributed by atoms with E-state index in [1.54, 1.807) is 24.3 Å². The van der Waals surface area contributed by atoms with Gasteiger partial charge in [0, 0.05) is 32.6 Å². The molecule has 0 atom stereocenters. The molecule has 10 heteroatoms. The van der Waals surface area contributed by atoms with Crippen molar-refractivity contribution in [2.24, 2.45) is 0 Å². The summed E-state index contributed by atoms with van der Waals surface area (Å²) in [5.41, 5.74) is 3.34. The van der Waals surface area contributed by atoms with Crippen molar-refractivity contribution in [1.82, 2.24) is 20.2 Å². The first kappa shape index (κ1) is 22.3. The summed E-state index contributed by atoms with van der Waals surface area (Å²) in [6.07, 6.45) is 0. The fraction of sp³-hybridized carbons (Fsp3) is 0.136. The molecule has 0 spiro atoms. The highest BCUT2D eigenvalue weighted by atomic mass is 35.5. The Morgan fingerprint density at radius 1 is 1.00 bits per heavy atom. The smallest absolute Gasteiger partial charge is 0.277 e. The summed E-state index contributed by atoms with van der Waals surface area (Å²) in [7, 11) is 0. The number of aromatic nitrogens is 4. The van der Waals surface area contributed by atoms with Crippen LogP contribution in [0.15, 0.2) is 74.3 Å². The van der Waals surface area contributed by atoms with Crippen molar-refractivity contribution >= 4 is 46.7 Å². The van der Waals surface area contributed by atoms with Gasteiger partial charge in [-0.05, 0) is 80.2 Å². The van der Waals surface area contributed by atoms with E-state index in [-0.39, 0.29) is 11.7 Å². The predicted octanol–water partition coefficient (Wildman–Crippen LogP) is 5.68. The molecule has 0 fully saturated rings. The van der Waals surface area contributed by atoms with Gasteiger partial charge in [0.1, 0.15) is 0 Å². The van der Waals surface area contributed by atoms with Crippen LogP contribution in [-0.4, -0.2) is 31.8 Å². The van der Waals surface area contributed by atoms with E-state index in [9.17, 15) is 4.79 Å². The summed E-state index contributed by atoms with van der Waals surface area (Å²) < 4.78 is 5.60. The third-order valence-corrected chi connectivity index (χ3v) is 6.08. The Morgan fingerprint density at radius 3 is 2.38 bits per heavy atom. The maximum Gasteiger partial charge on any atom is 0.277 e. The number of anilines is 1. The van der Waals surface area contributed by atoms with Crippen molar-refractivity contribution in [1.29, 1.82) is 0 Å². The SMILES string of the molecule is Cc1cc(C)nc(Sc2ccc(NC(=O)CSc3nnc(-c4ccc(Cl)cc4)o3)cc2)n1. The molecule has 0 unspecified atom stereocenters. The third-order valence-electron chi connectivity index (χ3n) is 4.13. The fourth-order valence-electron chi connectivity index (χ4n) is 2.75. The van der Waals surface area contributed by atoms with Crippen LogP contribution < -0.4 is 5.32 Å². The molecule has 0 aliphatic rings. The number of carbonyl (C=O) groups excluding carboxylic acids is 1. The van der Waals surface area contributed by atoms with Gasteiger partial charge >= 0.3 is 0 Å². The van der Waals surface area contributed by atoms with Crippen LogP contribution in [0.3, 0.4) is 0 Å². The minimum absolute atomic E-state index is 0.148. The molecule has 0 radical (unpaired) electrons. The highest BCUT2D eigenvalue weighted by Crippen LogP contribution is 2.27. The van der Waals surface area contributed by atoms with E-state index >= 15 is 0 Å². The van der Waals surface area contributed by atoms with Crippen LogP contribution in [0.5, 0.6) is 0 Å². The lowest BCUT2D eigenvalue weighted by atomic mass is 10.2. The van der Waals surface area contributed by atoms with E-state index in [0.717, 1.165) is 21.8 Å². The van der Waals surface area contributed by atoms with Crippen LogP contribution in [0, 0.1) is 13.8 Å². The Morgan fingerprint density at radius 2 is 1.69 bits per heavy atom. The van der Waals surface area contributed by atoms with Crippen molar-refractivity contribution in [3.63, 3.8) is 0 Å². The molecule has 7 nitrogen and oxygen atoms in total. The number of thioether (sulfide) groups is 1. The van der Waals surface area contributed by atoms with Gasteiger partial charge in [-0.15, -0.1) is 10.2 Å². The first-order valence-corrected chi connectivity index (χ1v) is 11.7. The molecule has 1 N–H and O–H groups in total. The van der Waals surface area contributed by atoms with Gasteiger partial charge < -0.3 is 9.73 Å². The zero-order valence-electron chi connectivity index (χ0n) is 17.2. The number of hydrogen-bond donors (Lipinski definition) is 1. The standard InChI is InChI=1S/C22H18ClN5O2S2/c1-13-11-14(2)25-21(24-13)32-18-9-7-17(8-10-18)26-19(29)12-31-22-28-27-20(30-22)15-3-5-16(23)6-4-15/h3-11H,12H2,1-2H3,(H,26,29). The topological polar surface area (TPSA) is 93.8 Å². The van der Waals surface area contributed by atoms with Crippen LogP contribution in [0.4, 0.5) is 5.69 Å². The lowest BCUT2D eigenvalue weighted by molar-refractivity contribution is -0.113. The van der Waals surface area contributed by atoms with Gasteiger partial charge in [-0.25, -0.2) is 9.97 Å². The van der Waals surface area contributed by atoms with Crippen LogP contribution >= 0.6 is 35.1 Å². The Bertz CT molecular complexity index is 1210. The maximum absolute atomic E-state index is 12.3. The molecule has 162 valence electrons. The van der Waals surface area contributed by atoms with E-state index in [0.29, 0.717) is 27.0 Å². The van der Waals surface area contributed by atoms with Gasteiger partial charge in [0.25, 0.3) is 5.22 Å². The van der Waals surface area contributed by atoms with Crippen LogP contribution in [0.25, 0.3) is 11.5 Å². The van der Waals surface area contributed by atoms with Gasteiger partial charge in [0.05, 0.1) is 5.75 Å². The summed E-state index contributed by atoms with van der Waals surface area (Å²) in [4.78, 5) is 22.1. The summed E-state index contributed by atoms with van der Waals surface area (Å²) in [6, 6.07) is 16.6. The molecule has 4 aromatic rings. The highest BCUT2D eigenvalue weighted by Gasteiger charge is 2.12. The van der Waals surface area contributed by atoms with Crippen molar-refractivity contribution in [2.75, 3.05) is 11.1 Å². The Kier molecular flexibility index (Phi) is 7.09. The fourth-order valence-corrected chi connectivity index (χ4v) is 4.30. The summed E-state index contributed by atoms with van der Waals surface area (Å²) >= 11 is 8.54. The predicted molar refractivity (Wildman–Crippen MR) is 126 cm³/mol. The zero-order chi connectivity index (χ0) is 22.5. The van der Waals surface area contributed by atoms with E-state index < -0.39 is 0 Å². The number of rotatable bonds is 7. The molecule has 0 aliphatic heterocycles. The molecule has 0 bridgehead atoms. The first-order valence-electron chi connectivity index (χ1n) is 9.57. The lowest BCUT2D eigenvalue weighted by Gasteiger charge is -2.06. The first-order chi connectivity index (χ1) is 15.4. The number of halogens is 1. The van der Waals surface area contributed by atoms with Crippen molar-refractivity contribution in [3.05, 3.63) is 71.0 Å². The zero-order valence-corrected chi connectivity index (χ0v) is 19.6. The average molecular weight is 484 g/mol. The maximum atomic E-state index is 12.3. The molecule has 1 amide bonds. The molecule has 0 saturated carbocycles. The molecule has 0 saturated heterocycles. The second-order valence-electron chi connectivity index (χ2n) is 6.78. The second kappa shape index (κ2) is 10.2. The van der Waals surface area contributed by atoms with Crippen molar-refractivity contribution in [2.45, 2.75) is 29.1 Å². The van der Waals surface area contributed by atoms with Gasteiger partial charge in [0.15, 0.2) is 5.16 Å². The van der Waals surface area contributed by atoms with Gasteiger partial charge in [-0.3, -0.25) is 4.79 Å². The number of carbonyl (C=O) groups is 1. The van der Waals surface area contributed by atoms with E-state index in [1.165, 1.54) is 23.5 Å². The normalized spacial score (nSPS) is 10.8. The number of nitrogens with one attached hydrogen (secondary N) is 1. The minimum atomic E-state index is -0.167. The summed E-state index contributed by atoms with van der Waals surface area (Å²) in [6.45, 7) is 3.89. The molecule has 4 rings (SSSR count). The number of amides is 1. The monoisotopic (exact) mass is 483 g/mol. The van der Waals surface area contributed by atoms with E-state index in [4.69, 9.17) is 16.0 Å². The van der Waals surface area contributed by atoms with Gasteiger partial charge in [0.2, 0.25) is 11.8 Å². The molecule has 0 aliphatic carbocycles. The van der Waals surface area contributed by atoms with E-state index in [2.05, 4.69) is 25.5 Å². The molecule has 2 aromatic carbocycles. The van der Waals surface area contributed by atoms with Crippen molar-refractivity contribution < 1.29 is 9.21 Å². The molecule has 32 heavy (non-hydrogen) atoms. The number of hydrogen-bond acceptors (Lipinski definition) is 8. The summed E-state index contributed by atoms with van der Waals surface area (Å²) in [5.74, 6) is 0.361. The Balaban J connectivity index is 1.29. The molecule has 2 heterocycles. The molecular formula is C22H18ClN5O2S2. The van der Waals surface area contributed by atoms with Crippen molar-refractivity contribution in [3.8, 4) is 11.5 Å².